The molecule has 2 aliphatic heterocycles. The molecule has 2 heterocycles. The number of benzene rings is 1. The van der Waals surface area contributed by atoms with E-state index in [1.165, 1.54) is 6.07 Å². The van der Waals surface area contributed by atoms with Gasteiger partial charge in [-0.3, -0.25) is 9.59 Å². The normalized spacial score (nSPS) is 20.3. The largest absolute Gasteiger partial charge is 0.396 e. The summed E-state index contributed by atoms with van der Waals surface area (Å²) in [6, 6.07) is 2.90. The second-order valence-corrected chi connectivity index (χ2v) is 6.20. The second-order valence-electron chi connectivity index (χ2n) is 6.20. The van der Waals surface area contributed by atoms with Gasteiger partial charge in [0.15, 0.2) is 0 Å². The molecule has 2 aliphatic rings. The highest BCUT2D eigenvalue weighted by molar-refractivity contribution is 5.98. The Balaban J connectivity index is 1.83. The summed E-state index contributed by atoms with van der Waals surface area (Å²) >= 11 is 0. The van der Waals surface area contributed by atoms with Crippen LogP contribution in [-0.2, 0) is 11.2 Å². The first-order valence-corrected chi connectivity index (χ1v) is 8.14. The van der Waals surface area contributed by atoms with Crippen molar-refractivity contribution in [2.75, 3.05) is 18.5 Å². The quantitative estimate of drug-likeness (QED) is 0.892. The number of likely N-dealkylation sites (tertiary alicyclic amines) is 1. The van der Waals surface area contributed by atoms with Crippen LogP contribution in [0.3, 0.4) is 0 Å². The van der Waals surface area contributed by atoms with Crippen LogP contribution in [0.25, 0.3) is 0 Å². The molecule has 1 fully saturated rings. The molecule has 1 saturated heterocycles. The third kappa shape index (κ3) is 3.22. The number of hydrogen-bond donors (Lipinski definition) is 2. The second kappa shape index (κ2) is 6.66. The van der Waals surface area contributed by atoms with Gasteiger partial charge in [0.05, 0.1) is 5.56 Å². The summed E-state index contributed by atoms with van der Waals surface area (Å²) in [5.74, 6) is -1.01. The summed E-state index contributed by atoms with van der Waals surface area (Å²) in [6.07, 6.45) is 4.07. The molecule has 6 heteroatoms. The van der Waals surface area contributed by atoms with Gasteiger partial charge in [0, 0.05) is 31.3 Å². The molecule has 2 amide bonds. The lowest BCUT2D eigenvalue weighted by Gasteiger charge is -2.26. The van der Waals surface area contributed by atoms with Gasteiger partial charge in [0.1, 0.15) is 5.82 Å². The van der Waals surface area contributed by atoms with Gasteiger partial charge < -0.3 is 15.3 Å². The van der Waals surface area contributed by atoms with Crippen molar-refractivity contribution in [2.45, 2.75) is 44.6 Å². The standard InChI is InChI=1S/C17H21FN2O3/c18-14-10-15-11(5-6-16(22)19-15)9-13(14)17(23)20-7-1-3-12(20)4-2-8-21/h9-10,12,21H,1-8H2,(H,19,22). The molecule has 5 nitrogen and oxygen atoms in total. The van der Waals surface area contributed by atoms with Crippen LogP contribution in [0.5, 0.6) is 0 Å². The van der Waals surface area contributed by atoms with Gasteiger partial charge in [-0.15, -0.1) is 0 Å². The molecule has 0 radical (unpaired) electrons. The van der Waals surface area contributed by atoms with Crippen LogP contribution in [0.4, 0.5) is 10.1 Å². The molecule has 0 bridgehead atoms. The third-order valence-electron chi connectivity index (χ3n) is 4.65. The van der Waals surface area contributed by atoms with E-state index in [9.17, 15) is 14.0 Å². The molecular formula is C17H21FN2O3. The fraction of sp³-hybridized carbons (Fsp3) is 0.529. The van der Waals surface area contributed by atoms with Crippen molar-refractivity contribution in [3.8, 4) is 0 Å². The number of halogens is 1. The van der Waals surface area contributed by atoms with Crippen LogP contribution >= 0.6 is 0 Å². The lowest BCUT2D eigenvalue weighted by molar-refractivity contribution is -0.116. The maximum absolute atomic E-state index is 14.3. The first-order chi connectivity index (χ1) is 11.1. The van der Waals surface area contributed by atoms with Crippen molar-refractivity contribution in [3.05, 3.63) is 29.1 Å². The topological polar surface area (TPSA) is 69.6 Å². The van der Waals surface area contributed by atoms with Gasteiger partial charge in [-0.1, -0.05) is 0 Å². The minimum atomic E-state index is -0.594. The maximum Gasteiger partial charge on any atom is 0.257 e. The fourth-order valence-corrected chi connectivity index (χ4v) is 3.45. The molecule has 2 N–H and O–H groups in total. The zero-order valence-electron chi connectivity index (χ0n) is 13.0. The van der Waals surface area contributed by atoms with Crippen LogP contribution in [-0.4, -0.2) is 41.0 Å². The summed E-state index contributed by atoms with van der Waals surface area (Å²) in [5, 5.41) is 11.6. The van der Waals surface area contributed by atoms with Crippen LogP contribution in [0, 0.1) is 5.82 Å². The average Bonchev–Trinajstić information content (AvgIpc) is 3.00. The first-order valence-electron chi connectivity index (χ1n) is 8.14. The lowest BCUT2D eigenvalue weighted by Crippen LogP contribution is -2.36. The molecule has 124 valence electrons. The summed E-state index contributed by atoms with van der Waals surface area (Å²) in [7, 11) is 0. The maximum atomic E-state index is 14.3. The highest BCUT2D eigenvalue weighted by atomic mass is 19.1. The molecule has 0 aromatic heterocycles. The SMILES string of the molecule is O=C1CCc2cc(C(=O)N3CCCC3CCCO)c(F)cc2N1. The predicted octanol–water partition coefficient (Wildman–Crippen LogP) is 2.09. The number of hydrogen-bond acceptors (Lipinski definition) is 3. The molecular weight excluding hydrogens is 299 g/mol. The van der Waals surface area contributed by atoms with Crippen molar-refractivity contribution < 1.29 is 19.1 Å². The van der Waals surface area contributed by atoms with Gasteiger partial charge in [0.25, 0.3) is 5.91 Å². The fourth-order valence-electron chi connectivity index (χ4n) is 3.45. The summed E-state index contributed by atoms with van der Waals surface area (Å²) < 4.78 is 14.3. The van der Waals surface area contributed by atoms with Crippen LogP contribution in [0.1, 0.15) is 48.0 Å². The number of rotatable bonds is 4. The highest BCUT2D eigenvalue weighted by Gasteiger charge is 2.31. The van der Waals surface area contributed by atoms with E-state index in [0.29, 0.717) is 31.5 Å². The molecule has 1 aromatic carbocycles. The Morgan fingerprint density at radius 2 is 2.22 bits per heavy atom. The summed E-state index contributed by atoms with van der Waals surface area (Å²) in [6.45, 7) is 0.730. The van der Waals surface area contributed by atoms with E-state index in [-0.39, 0.29) is 30.0 Å². The van der Waals surface area contributed by atoms with Gasteiger partial charge >= 0.3 is 0 Å². The Morgan fingerprint density at radius 1 is 1.39 bits per heavy atom. The monoisotopic (exact) mass is 320 g/mol. The Morgan fingerprint density at radius 3 is 3.00 bits per heavy atom. The minimum absolute atomic E-state index is 0.0739. The number of nitrogens with one attached hydrogen (secondary N) is 1. The number of aliphatic hydroxyl groups is 1. The van der Waals surface area contributed by atoms with Gasteiger partial charge in [-0.05, 0) is 49.8 Å². The van der Waals surface area contributed by atoms with Crippen molar-refractivity contribution >= 4 is 17.5 Å². The van der Waals surface area contributed by atoms with E-state index in [2.05, 4.69) is 5.32 Å². The van der Waals surface area contributed by atoms with Crippen molar-refractivity contribution in [1.29, 1.82) is 0 Å². The number of aryl methyl sites for hydroxylation is 1. The zero-order valence-corrected chi connectivity index (χ0v) is 13.0. The summed E-state index contributed by atoms with van der Waals surface area (Å²) in [4.78, 5) is 25.8. The number of fused-ring (bicyclic) bond motifs is 1. The van der Waals surface area contributed by atoms with Crippen LogP contribution in [0.2, 0.25) is 0 Å². The van der Waals surface area contributed by atoms with Crippen molar-refractivity contribution in [1.82, 2.24) is 4.90 Å². The summed E-state index contributed by atoms with van der Waals surface area (Å²) in [5.41, 5.74) is 1.35. The number of anilines is 1. The number of amides is 2. The van der Waals surface area contributed by atoms with E-state index >= 15 is 0 Å². The van der Waals surface area contributed by atoms with Gasteiger partial charge in [0.2, 0.25) is 5.91 Å². The third-order valence-corrected chi connectivity index (χ3v) is 4.65. The first kappa shape index (κ1) is 15.9. The van der Waals surface area contributed by atoms with E-state index in [4.69, 9.17) is 5.11 Å². The van der Waals surface area contributed by atoms with E-state index < -0.39 is 5.82 Å². The predicted molar refractivity (Wildman–Crippen MR) is 83.7 cm³/mol. The van der Waals surface area contributed by atoms with Gasteiger partial charge in [-0.25, -0.2) is 4.39 Å². The molecule has 0 saturated carbocycles. The molecule has 0 spiro atoms. The molecule has 3 rings (SSSR count). The number of carbonyl (C=O) groups excluding carboxylic acids is 2. The zero-order chi connectivity index (χ0) is 16.4. The smallest absolute Gasteiger partial charge is 0.257 e. The Hall–Kier alpha value is -1.95. The number of nitrogens with zero attached hydrogens (tertiary/aromatic N) is 1. The van der Waals surface area contributed by atoms with E-state index in [0.717, 1.165) is 24.8 Å². The molecule has 1 aromatic rings. The Bertz CT molecular complexity index is 633. The average molecular weight is 320 g/mol. The van der Waals surface area contributed by atoms with Gasteiger partial charge in [-0.2, -0.15) is 0 Å². The number of carbonyl (C=O) groups is 2. The minimum Gasteiger partial charge on any atom is -0.396 e. The number of aliphatic hydroxyl groups excluding tert-OH is 1. The molecule has 0 aliphatic carbocycles. The molecule has 1 unspecified atom stereocenters. The van der Waals surface area contributed by atoms with Crippen LogP contribution in [0.15, 0.2) is 12.1 Å². The Kier molecular flexibility index (Phi) is 4.61. The molecule has 23 heavy (non-hydrogen) atoms. The van der Waals surface area contributed by atoms with Crippen LogP contribution < -0.4 is 5.32 Å². The Labute approximate surface area is 134 Å². The van der Waals surface area contributed by atoms with Crippen molar-refractivity contribution in [2.24, 2.45) is 0 Å². The van der Waals surface area contributed by atoms with Crippen molar-refractivity contribution in [3.63, 3.8) is 0 Å². The highest BCUT2D eigenvalue weighted by Crippen LogP contribution is 2.29. The van der Waals surface area contributed by atoms with E-state index in [1.807, 2.05) is 0 Å². The van der Waals surface area contributed by atoms with E-state index in [1.54, 1.807) is 11.0 Å². The lowest BCUT2D eigenvalue weighted by atomic mass is 9.99. The molecule has 1 atom stereocenters.